The number of nitrogens with one attached hydrogen (secondary N) is 1. The molecule has 0 amide bonds. The molecule has 0 saturated heterocycles. The molecule has 0 spiro atoms. The molecule has 3 heteroatoms. The van der Waals surface area contributed by atoms with Gasteiger partial charge in [-0.25, -0.2) is 0 Å². The van der Waals surface area contributed by atoms with Gasteiger partial charge < -0.3 is 4.74 Å². The van der Waals surface area contributed by atoms with Crippen molar-refractivity contribution in [2.45, 2.75) is 12.5 Å². The summed E-state index contributed by atoms with van der Waals surface area (Å²) in [5.74, 6) is -0.240. The average molecular weight is 255 g/mol. The van der Waals surface area contributed by atoms with Crippen LogP contribution in [0.4, 0.5) is 0 Å². The number of benzene rings is 1. The van der Waals surface area contributed by atoms with Gasteiger partial charge in [0, 0.05) is 12.1 Å². The molecule has 1 N–H and O–H groups in total. The zero-order chi connectivity index (χ0) is 13.5. The SMILES string of the molecule is COC(=O)[C@H](Cc1ccccc1)NCC1=C=CC=C1. The number of allylic oxidation sites excluding steroid dienone is 1. The molecule has 2 rings (SSSR count). The normalized spacial score (nSPS) is 14.3. The number of hydrogen-bond donors (Lipinski definition) is 1. The molecule has 0 bridgehead atoms. The van der Waals surface area contributed by atoms with E-state index in [2.05, 4.69) is 11.0 Å². The lowest BCUT2D eigenvalue weighted by atomic mass is 10.1. The largest absolute Gasteiger partial charge is 0.468 e. The van der Waals surface area contributed by atoms with Gasteiger partial charge in [-0.1, -0.05) is 36.4 Å². The Kier molecular flexibility index (Phi) is 4.73. The number of esters is 1. The van der Waals surface area contributed by atoms with Crippen molar-refractivity contribution in [2.75, 3.05) is 13.7 Å². The third-order valence-electron chi connectivity index (χ3n) is 2.97. The Balaban J connectivity index is 1.97. The molecule has 0 aliphatic heterocycles. The standard InChI is InChI=1S/C16H17NO2/c1-19-16(18)15(11-13-7-3-2-4-8-13)17-12-14-9-5-6-10-14/h2-9,15,17H,11-12H2,1H3/t15-/m0/s1. The first-order valence-electron chi connectivity index (χ1n) is 6.27. The van der Waals surface area contributed by atoms with Crippen molar-refractivity contribution in [3.05, 3.63) is 65.4 Å². The summed E-state index contributed by atoms with van der Waals surface area (Å²) >= 11 is 0. The van der Waals surface area contributed by atoms with Crippen molar-refractivity contribution >= 4 is 5.97 Å². The van der Waals surface area contributed by atoms with Crippen LogP contribution >= 0.6 is 0 Å². The minimum Gasteiger partial charge on any atom is -0.468 e. The van der Waals surface area contributed by atoms with E-state index in [1.165, 1.54) is 7.11 Å². The monoisotopic (exact) mass is 255 g/mol. The summed E-state index contributed by atoms with van der Waals surface area (Å²) in [7, 11) is 1.41. The zero-order valence-corrected chi connectivity index (χ0v) is 10.9. The molecule has 0 fully saturated rings. The smallest absolute Gasteiger partial charge is 0.323 e. The van der Waals surface area contributed by atoms with Crippen LogP contribution in [-0.2, 0) is 16.0 Å². The molecule has 1 aliphatic rings. The van der Waals surface area contributed by atoms with Crippen LogP contribution in [-0.4, -0.2) is 25.7 Å². The van der Waals surface area contributed by atoms with Crippen LogP contribution in [0.15, 0.2) is 59.9 Å². The first kappa shape index (κ1) is 13.3. The van der Waals surface area contributed by atoms with E-state index in [1.807, 2.05) is 48.6 Å². The first-order chi connectivity index (χ1) is 9.29. The molecule has 0 radical (unpaired) electrons. The van der Waals surface area contributed by atoms with Crippen molar-refractivity contribution in [1.82, 2.24) is 5.32 Å². The van der Waals surface area contributed by atoms with E-state index in [-0.39, 0.29) is 12.0 Å². The van der Waals surface area contributed by atoms with E-state index >= 15 is 0 Å². The van der Waals surface area contributed by atoms with Crippen molar-refractivity contribution in [3.8, 4) is 0 Å². The second-order valence-corrected chi connectivity index (χ2v) is 4.34. The summed E-state index contributed by atoms with van der Waals surface area (Å²) in [5, 5.41) is 3.22. The van der Waals surface area contributed by atoms with Gasteiger partial charge in [-0.2, -0.15) is 0 Å². The minimum atomic E-state index is -0.337. The van der Waals surface area contributed by atoms with E-state index in [9.17, 15) is 4.79 Å². The molecule has 1 aromatic rings. The molecular weight excluding hydrogens is 238 g/mol. The molecule has 0 unspecified atom stereocenters. The summed E-state index contributed by atoms with van der Waals surface area (Å²) in [6.45, 7) is 0.611. The van der Waals surface area contributed by atoms with E-state index in [4.69, 9.17) is 4.74 Å². The lowest BCUT2D eigenvalue weighted by Crippen LogP contribution is -2.40. The van der Waals surface area contributed by atoms with Gasteiger partial charge in [-0.15, -0.1) is 5.73 Å². The maximum atomic E-state index is 11.8. The van der Waals surface area contributed by atoms with Gasteiger partial charge in [0.05, 0.1) is 7.11 Å². The number of rotatable bonds is 6. The van der Waals surface area contributed by atoms with Gasteiger partial charge >= 0.3 is 5.97 Å². The topological polar surface area (TPSA) is 38.3 Å². The second kappa shape index (κ2) is 6.74. The van der Waals surface area contributed by atoms with Gasteiger partial charge in [0.2, 0.25) is 0 Å². The summed E-state index contributed by atoms with van der Waals surface area (Å²) in [5.41, 5.74) is 5.25. The summed E-state index contributed by atoms with van der Waals surface area (Å²) in [6.07, 6.45) is 6.39. The predicted molar refractivity (Wildman–Crippen MR) is 74.7 cm³/mol. The Hall–Kier alpha value is -2.09. The van der Waals surface area contributed by atoms with Crippen molar-refractivity contribution < 1.29 is 9.53 Å². The van der Waals surface area contributed by atoms with E-state index < -0.39 is 0 Å². The van der Waals surface area contributed by atoms with E-state index in [0.717, 1.165) is 11.1 Å². The highest BCUT2D eigenvalue weighted by Crippen LogP contribution is 2.06. The molecule has 0 saturated carbocycles. The van der Waals surface area contributed by atoms with Crippen molar-refractivity contribution in [3.63, 3.8) is 0 Å². The first-order valence-corrected chi connectivity index (χ1v) is 6.27. The lowest BCUT2D eigenvalue weighted by Gasteiger charge is -2.16. The fourth-order valence-corrected chi connectivity index (χ4v) is 1.94. The Morgan fingerprint density at radius 3 is 2.79 bits per heavy atom. The van der Waals surface area contributed by atoms with Crippen LogP contribution in [0.25, 0.3) is 0 Å². The van der Waals surface area contributed by atoms with Crippen molar-refractivity contribution in [1.29, 1.82) is 0 Å². The molecule has 1 atom stereocenters. The Bertz CT molecular complexity index is 525. The second-order valence-electron chi connectivity index (χ2n) is 4.34. The Morgan fingerprint density at radius 2 is 2.16 bits per heavy atom. The van der Waals surface area contributed by atoms with Crippen LogP contribution in [0.2, 0.25) is 0 Å². The Morgan fingerprint density at radius 1 is 1.37 bits per heavy atom. The summed E-state index contributed by atoms with van der Waals surface area (Å²) < 4.78 is 4.84. The highest BCUT2D eigenvalue weighted by Gasteiger charge is 2.19. The van der Waals surface area contributed by atoms with Crippen LogP contribution in [0.3, 0.4) is 0 Å². The van der Waals surface area contributed by atoms with Crippen LogP contribution in [0.1, 0.15) is 5.56 Å². The molecule has 1 aliphatic carbocycles. The highest BCUT2D eigenvalue weighted by atomic mass is 16.5. The Labute approximate surface area is 113 Å². The molecule has 1 aromatic carbocycles. The average Bonchev–Trinajstić information content (AvgIpc) is 2.97. The fourth-order valence-electron chi connectivity index (χ4n) is 1.94. The number of methoxy groups -OCH3 is 1. The van der Waals surface area contributed by atoms with Gasteiger partial charge in [-0.05, 0) is 24.1 Å². The summed E-state index contributed by atoms with van der Waals surface area (Å²) in [4.78, 5) is 11.8. The van der Waals surface area contributed by atoms with Gasteiger partial charge in [0.15, 0.2) is 0 Å². The van der Waals surface area contributed by atoms with Gasteiger partial charge in [0.25, 0.3) is 0 Å². The summed E-state index contributed by atoms with van der Waals surface area (Å²) in [6, 6.07) is 9.57. The maximum Gasteiger partial charge on any atom is 0.323 e. The molecule has 3 nitrogen and oxygen atoms in total. The number of ether oxygens (including phenoxy) is 1. The number of carbonyl (C=O) groups excluding carboxylic acids is 1. The van der Waals surface area contributed by atoms with E-state index in [0.29, 0.717) is 13.0 Å². The third kappa shape index (κ3) is 3.95. The van der Waals surface area contributed by atoms with E-state index in [1.54, 1.807) is 0 Å². The van der Waals surface area contributed by atoms with Crippen LogP contribution in [0, 0.1) is 0 Å². The molecule has 0 aromatic heterocycles. The van der Waals surface area contributed by atoms with Crippen molar-refractivity contribution in [2.24, 2.45) is 0 Å². The highest BCUT2D eigenvalue weighted by molar-refractivity contribution is 5.76. The molecule has 19 heavy (non-hydrogen) atoms. The minimum absolute atomic E-state index is 0.240. The molecule has 0 heterocycles. The predicted octanol–water partition coefficient (Wildman–Crippen LogP) is 2.01. The lowest BCUT2D eigenvalue weighted by molar-refractivity contribution is -0.143. The van der Waals surface area contributed by atoms with Gasteiger partial charge in [-0.3, -0.25) is 10.1 Å². The van der Waals surface area contributed by atoms with Crippen LogP contribution in [0.5, 0.6) is 0 Å². The maximum absolute atomic E-state index is 11.8. The van der Waals surface area contributed by atoms with Crippen LogP contribution < -0.4 is 5.32 Å². The third-order valence-corrected chi connectivity index (χ3v) is 2.97. The molecular formula is C16H17NO2. The van der Waals surface area contributed by atoms with Gasteiger partial charge in [0.1, 0.15) is 6.04 Å². The quantitative estimate of drug-likeness (QED) is 0.624. The molecule has 98 valence electrons. The number of carbonyl (C=O) groups is 1. The number of hydrogen-bond acceptors (Lipinski definition) is 3. The zero-order valence-electron chi connectivity index (χ0n) is 10.9. The fraction of sp³-hybridized carbons (Fsp3) is 0.250.